The van der Waals surface area contributed by atoms with Crippen molar-refractivity contribution < 1.29 is 48.7 Å². The molecule has 0 bridgehead atoms. The molecule has 0 saturated heterocycles. The van der Waals surface area contributed by atoms with E-state index in [0.717, 1.165) is 18.2 Å². The van der Waals surface area contributed by atoms with Gasteiger partial charge in [0.2, 0.25) is 0 Å². The molecule has 0 heterocycles. The van der Waals surface area contributed by atoms with Gasteiger partial charge in [-0.15, -0.1) is 0 Å². The summed E-state index contributed by atoms with van der Waals surface area (Å²) in [6.07, 6.45) is 1.97. The van der Waals surface area contributed by atoms with Crippen molar-refractivity contribution in [2.24, 2.45) is 0 Å². The van der Waals surface area contributed by atoms with Gasteiger partial charge in [0.1, 0.15) is 5.75 Å². The molecule has 0 spiro atoms. The molecule has 0 fully saturated rings. The first-order chi connectivity index (χ1) is 7.54. The molecule has 1 rings (SSSR count). The van der Waals surface area contributed by atoms with E-state index in [-0.39, 0.29) is 35.9 Å². The molecule has 0 aromatic heterocycles. The summed E-state index contributed by atoms with van der Waals surface area (Å²) in [6.45, 7) is 0.594. The van der Waals surface area contributed by atoms with E-state index >= 15 is 0 Å². The topological polar surface area (TPSA) is 63.6 Å². The van der Waals surface area contributed by atoms with E-state index in [2.05, 4.69) is 15.9 Å². The van der Waals surface area contributed by atoms with Crippen LogP contribution in [0.5, 0.6) is 5.75 Å². The zero-order valence-electron chi connectivity index (χ0n) is 10.6. The van der Waals surface area contributed by atoms with Gasteiger partial charge in [-0.25, -0.2) is 0 Å². The van der Waals surface area contributed by atoms with E-state index in [1.807, 2.05) is 0 Å². The van der Waals surface area contributed by atoms with Gasteiger partial charge in [-0.2, -0.15) is 8.42 Å². The maximum atomic E-state index is 10.8. The fourth-order valence-corrected chi connectivity index (χ4v) is 1.97. The molecule has 4 nitrogen and oxygen atoms in total. The van der Waals surface area contributed by atoms with Crippen LogP contribution in [0.2, 0.25) is 0 Å². The summed E-state index contributed by atoms with van der Waals surface area (Å²) < 4.78 is 35.6. The van der Waals surface area contributed by atoms with Gasteiger partial charge in [0.05, 0.1) is 11.5 Å². The smallest absolute Gasteiger partial charge is 1.00 e. The van der Waals surface area contributed by atoms with Crippen molar-refractivity contribution in [3.8, 4) is 5.75 Å². The third-order valence-electron chi connectivity index (χ3n) is 1.92. The molecule has 0 radical (unpaired) electrons. The van der Waals surface area contributed by atoms with Gasteiger partial charge in [0.25, 0.3) is 10.1 Å². The molecule has 0 aliphatic carbocycles. The van der Waals surface area contributed by atoms with Crippen LogP contribution in [0, 0.1) is 0 Å². The van der Waals surface area contributed by atoms with Crippen molar-refractivity contribution in [3.05, 3.63) is 24.3 Å². The van der Waals surface area contributed by atoms with Crippen molar-refractivity contribution in [2.75, 3.05) is 11.9 Å². The van der Waals surface area contributed by atoms with E-state index < -0.39 is 10.1 Å². The molecule has 1 aromatic carbocycles. The van der Waals surface area contributed by atoms with Crippen molar-refractivity contribution in [2.45, 2.75) is 17.7 Å². The minimum Gasteiger partial charge on any atom is -1.00 e. The number of unbranched alkanes of at least 4 members (excludes halogenated alkanes) is 1. The van der Waals surface area contributed by atoms with Crippen LogP contribution in [0.4, 0.5) is 0 Å². The van der Waals surface area contributed by atoms with E-state index in [0.29, 0.717) is 12.4 Å². The van der Waals surface area contributed by atoms with Gasteiger partial charge in [-0.3, -0.25) is 4.55 Å². The van der Waals surface area contributed by atoms with Crippen LogP contribution in [-0.4, -0.2) is 24.9 Å². The van der Waals surface area contributed by atoms with Crippen LogP contribution in [-0.2, 0) is 10.1 Å². The van der Waals surface area contributed by atoms with E-state index in [1.54, 1.807) is 0 Å². The number of hydrogen-bond acceptors (Lipinski definition) is 3. The fraction of sp³-hybridized carbons (Fsp3) is 0.400. The molecule has 1 N–H and O–H groups in total. The van der Waals surface area contributed by atoms with Crippen LogP contribution >= 0.6 is 15.9 Å². The van der Waals surface area contributed by atoms with Crippen molar-refractivity contribution in [3.63, 3.8) is 0 Å². The second-order valence-electron chi connectivity index (χ2n) is 3.19. The Hall–Kier alpha value is 0.410. The normalized spacial score (nSPS) is 10.7. The Labute approximate surface area is 133 Å². The minimum absolute atomic E-state index is 0. The van der Waals surface area contributed by atoms with Gasteiger partial charge in [-0.1, -0.05) is 15.9 Å². The van der Waals surface area contributed by atoms with Crippen molar-refractivity contribution in [1.29, 1.82) is 0 Å². The first-order valence-electron chi connectivity index (χ1n) is 4.80. The Balaban J connectivity index is 0. The third-order valence-corrected chi connectivity index (χ3v) is 3.35. The standard InChI is InChI=1S/C10H13BrO4S.Na.H/c11-7-1-2-8-15-9-3-5-10(6-4-9)16(12,13)14;;/h3-6H,1-2,7-8H2,(H,12,13,14);;/q;+1;-1. The Morgan fingerprint density at radius 3 is 2.29 bits per heavy atom. The minimum atomic E-state index is -4.11. The molecule has 0 aliphatic heterocycles. The summed E-state index contributed by atoms with van der Waals surface area (Å²) >= 11 is 3.32. The zero-order valence-corrected chi connectivity index (χ0v) is 14.0. The molecule has 0 saturated carbocycles. The Morgan fingerprint density at radius 2 is 1.82 bits per heavy atom. The van der Waals surface area contributed by atoms with Crippen LogP contribution in [0.25, 0.3) is 0 Å². The largest absolute Gasteiger partial charge is 1.00 e. The van der Waals surface area contributed by atoms with Crippen LogP contribution in [0.3, 0.4) is 0 Å². The third kappa shape index (κ3) is 6.79. The number of hydrogen-bond donors (Lipinski definition) is 1. The summed E-state index contributed by atoms with van der Waals surface area (Å²) in [7, 11) is -4.11. The van der Waals surface area contributed by atoms with Crippen LogP contribution < -0.4 is 34.3 Å². The summed E-state index contributed by atoms with van der Waals surface area (Å²) in [4.78, 5) is -0.125. The quantitative estimate of drug-likeness (QED) is 0.333. The second kappa shape index (κ2) is 8.50. The maximum Gasteiger partial charge on any atom is 1.00 e. The first-order valence-corrected chi connectivity index (χ1v) is 7.36. The molecular formula is C10H14BrNaO4S. The summed E-state index contributed by atoms with van der Waals surface area (Å²) in [5, 5.41) is 0.943. The number of alkyl halides is 1. The maximum absolute atomic E-state index is 10.8. The molecule has 0 unspecified atom stereocenters. The van der Waals surface area contributed by atoms with Gasteiger partial charge >= 0.3 is 29.6 Å². The molecule has 0 amide bonds. The summed E-state index contributed by atoms with van der Waals surface area (Å²) in [5.41, 5.74) is 0. The zero-order chi connectivity index (χ0) is 12.0. The fourth-order valence-electron chi connectivity index (χ4n) is 1.09. The SMILES string of the molecule is O=S(=O)(O)c1ccc(OCCCCBr)cc1.[H-].[Na+]. The predicted octanol–water partition coefficient (Wildman–Crippen LogP) is -0.396. The molecule has 17 heavy (non-hydrogen) atoms. The summed E-state index contributed by atoms with van der Waals surface area (Å²) in [6, 6.07) is 5.68. The summed E-state index contributed by atoms with van der Waals surface area (Å²) in [5.74, 6) is 0.599. The van der Waals surface area contributed by atoms with Gasteiger partial charge < -0.3 is 6.16 Å². The first kappa shape index (κ1) is 17.4. The molecule has 0 aliphatic rings. The number of ether oxygens (including phenoxy) is 1. The van der Waals surface area contributed by atoms with Crippen LogP contribution in [0.1, 0.15) is 14.3 Å². The van der Waals surface area contributed by atoms with Gasteiger partial charge in [0, 0.05) is 5.33 Å². The van der Waals surface area contributed by atoms with Crippen molar-refractivity contribution >= 4 is 26.0 Å². The van der Waals surface area contributed by atoms with E-state index in [1.165, 1.54) is 24.3 Å². The Kier molecular flexibility index (Phi) is 8.71. The Bertz CT molecular complexity index is 424. The monoisotopic (exact) mass is 332 g/mol. The van der Waals surface area contributed by atoms with Gasteiger partial charge in [-0.05, 0) is 37.1 Å². The van der Waals surface area contributed by atoms with Crippen LogP contribution in [0.15, 0.2) is 29.2 Å². The van der Waals surface area contributed by atoms with E-state index in [4.69, 9.17) is 9.29 Å². The average molecular weight is 333 g/mol. The van der Waals surface area contributed by atoms with Gasteiger partial charge in [0.15, 0.2) is 0 Å². The van der Waals surface area contributed by atoms with E-state index in [9.17, 15) is 8.42 Å². The molecule has 0 atom stereocenters. The number of halogens is 1. The van der Waals surface area contributed by atoms with Crippen molar-refractivity contribution in [1.82, 2.24) is 0 Å². The predicted molar refractivity (Wildman–Crippen MR) is 65.9 cm³/mol. The number of benzene rings is 1. The molecule has 7 heteroatoms. The molecular weight excluding hydrogens is 319 g/mol. The average Bonchev–Trinajstić information content (AvgIpc) is 2.24. The molecule has 1 aromatic rings. The number of rotatable bonds is 6. The molecule has 92 valence electrons. The Morgan fingerprint density at radius 1 is 1.24 bits per heavy atom. The second-order valence-corrected chi connectivity index (χ2v) is 5.41.